The van der Waals surface area contributed by atoms with Crippen LogP contribution in [-0.2, 0) is 19.1 Å². The summed E-state index contributed by atoms with van der Waals surface area (Å²) in [6, 6.07) is -1.89. The number of urea groups is 1. The Bertz CT molecular complexity index is 648. The second-order valence-electron chi connectivity index (χ2n) is 9.90. The topological polar surface area (TPSA) is 152 Å². The van der Waals surface area contributed by atoms with Crippen molar-refractivity contribution in [1.82, 2.24) is 21.3 Å². The molecule has 0 aromatic rings. The summed E-state index contributed by atoms with van der Waals surface area (Å²) in [6.45, 7) is 22.5. The molecule has 0 aliphatic heterocycles. The van der Waals surface area contributed by atoms with Gasteiger partial charge in [-0.15, -0.1) is 0 Å². The minimum Gasteiger partial charge on any atom is -0.376 e. The summed E-state index contributed by atoms with van der Waals surface area (Å²) in [5.74, 6) is -0.646. The van der Waals surface area contributed by atoms with Gasteiger partial charge in [0, 0.05) is 25.1 Å². The number of ketones is 1. The van der Waals surface area contributed by atoms with E-state index < -0.39 is 23.7 Å². The molecular formula is C27H57N5O5. The van der Waals surface area contributed by atoms with Crippen molar-refractivity contribution in [2.24, 2.45) is 5.73 Å². The summed E-state index contributed by atoms with van der Waals surface area (Å²) >= 11 is 0. The summed E-state index contributed by atoms with van der Waals surface area (Å²) in [6.07, 6.45) is 2.01. The first-order valence-corrected chi connectivity index (χ1v) is 13.7. The van der Waals surface area contributed by atoms with Gasteiger partial charge in [0.15, 0.2) is 5.78 Å². The predicted octanol–water partition coefficient (Wildman–Crippen LogP) is 3.42. The van der Waals surface area contributed by atoms with Crippen LogP contribution in [0.2, 0.25) is 0 Å². The molecule has 2 unspecified atom stereocenters. The molecule has 0 fully saturated rings. The van der Waals surface area contributed by atoms with Crippen molar-refractivity contribution in [1.29, 1.82) is 0 Å². The van der Waals surface area contributed by atoms with Crippen molar-refractivity contribution in [2.75, 3.05) is 19.7 Å². The Hall–Kier alpha value is -2.20. The van der Waals surface area contributed by atoms with Crippen LogP contribution in [0.4, 0.5) is 4.79 Å². The predicted molar refractivity (Wildman–Crippen MR) is 151 cm³/mol. The molecule has 0 bridgehead atoms. The van der Waals surface area contributed by atoms with Gasteiger partial charge in [-0.25, -0.2) is 4.79 Å². The molecule has 10 nitrogen and oxygen atoms in total. The maximum absolute atomic E-state index is 12.8. The van der Waals surface area contributed by atoms with Crippen LogP contribution in [0.1, 0.15) is 108 Å². The van der Waals surface area contributed by atoms with Crippen LogP contribution in [0.5, 0.6) is 0 Å². The zero-order valence-corrected chi connectivity index (χ0v) is 25.4. The number of hydrogen-bond acceptors (Lipinski definition) is 6. The number of nitrogens with two attached hydrogens (primary N) is 1. The van der Waals surface area contributed by atoms with Crippen LogP contribution >= 0.6 is 0 Å². The molecule has 2 atom stereocenters. The van der Waals surface area contributed by atoms with Gasteiger partial charge >= 0.3 is 6.03 Å². The highest BCUT2D eigenvalue weighted by Gasteiger charge is 2.26. The van der Waals surface area contributed by atoms with E-state index >= 15 is 0 Å². The average molecular weight is 532 g/mol. The molecule has 0 aromatic carbocycles. The largest absolute Gasteiger partial charge is 0.376 e. The molecule has 0 radical (unpaired) electrons. The monoisotopic (exact) mass is 531 g/mol. The third-order valence-electron chi connectivity index (χ3n) is 4.94. The minimum absolute atomic E-state index is 0.146. The van der Waals surface area contributed by atoms with E-state index in [0.717, 1.165) is 0 Å². The summed E-state index contributed by atoms with van der Waals surface area (Å²) in [5, 5.41) is 11.3. The number of amides is 4. The molecule has 0 saturated carbocycles. The molecule has 0 aliphatic rings. The lowest BCUT2D eigenvalue weighted by atomic mass is 10.00. The van der Waals surface area contributed by atoms with Crippen molar-refractivity contribution in [3.05, 3.63) is 0 Å². The third-order valence-corrected chi connectivity index (χ3v) is 4.94. The fraction of sp³-hybridized carbons (Fsp3) is 0.852. The van der Waals surface area contributed by atoms with E-state index in [1.165, 1.54) is 6.92 Å². The molecule has 37 heavy (non-hydrogen) atoms. The molecule has 0 heterocycles. The lowest BCUT2D eigenvalue weighted by Gasteiger charge is -2.29. The zero-order chi connectivity index (χ0) is 29.7. The number of likely N-dealkylation sites (N-methyl/N-ethyl adjacent to an activating group) is 1. The molecule has 220 valence electrons. The molecule has 6 N–H and O–H groups in total. The van der Waals surface area contributed by atoms with E-state index in [2.05, 4.69) is 21.3 Å². The maximum atomic E-state index is 12.8. The van der Waals surface area contributed by atoms with Crippen molar-refractivity contribution >= 4 is 23.6 Å². The van der Waals surface area contributed by atoms with Gasteiger partial charge in [0.1, 0.15) is 0 Å². The minimum atomic E-state index is -0.663. The van der Waals surface area contributed by atoms with Crippen LogP contribution in [0.25, 0.3) is 0 Å². The van der Waals surface area contributed by atoms with Gasteiger partial charge in [0.05, 0.1) is 17.7 Å². The Morgan fingerprint density at radius 2 is 1.49 bits per heavy atom. The Kier molecular flexibility index (Phi) is 23.2. The number of ether oxygens (including phenoxy) is 1. The lowest BCUT2D eigenvalue weighted by Crippen LogP contribution is -2.50. The van der Waals surface area contributed by atoms with Gasteiger partial charge < -0.3 is 31.7 Å². The smallest absolute Gasteiger partial charge is 0.312 e. The summed E-state index contributed by atoms with van der Waals surface area (Å²) in [4.78, 5) is 47.9. The highest BCUT2D eigenvalue weighted by molar-refractivity contribution is 5.90. The number of primary amides is 1. The lowest BCUT2D eigenvalue weighted by molar-refractivity contribution is -0.129. The second-order valence-corrected chi connectivity index (χ2v) is 9.90. The van der Waals surface area contributed by atoms with Gasteiger partial charge in [-0.3, -0.25) is 14.4 Å². The first kappa shape index (κ1) is 39.3. The summed E-state index contributed by atoms with van der Waals surface area (Å²) in [7, 11) is 0. The summed E-state index contributed by atoms with van der Waals surface area (Å²) in [5.41, 5.74) is 4.36. The molecule has 0 rings (SSSR count). The number of rotatable bonds is 16. The van der Waals surface area contributed by atoms with Crippen LogP contribution < -0.4 is 27.0 Å². The van der Waals surface area contributed by atoms with Crippen molar-refractivity contribution in [3.63, 3.8) is 0 Å². The second kappa shape index (κ2) is 21.8. The van der Waals surface area contributed by atoms with Gasteiger partial charge in [0.2, 0.25) is 11.8 Å². The number of carbonyl (C=O) groups is 4. The molecule has 0 saturated heterocycles. The standard InChI is InChI=1S/C23H45N5O5.2C2H6/c1-8-25-18(20(31)27-17(16(2)29)10-9-14-26-21(24)32)11-12-19(30)28-23(6,7)13-15-33-22(3,4)5;2*1-2/h17-18,25H,8-15H2,1-7H3,(H,27,31)(H,28,30)(H3,24,26,32);2*1-2H3. The number of nitrogens with one attached hydrogen (secondary N) is 4. The third kappa shape index (κ3) is 23.9. The fourth-order valence-corrected chi connectivity index (χ4v) is 3.13. The number of Topliss-reactive ketones (excluding diaryl/α,β-unsaturated/α-hetero) is 1. The number of carbonyl (C=O) groups excluding carboxylic acids is 4. The molecule has 0 aliphatic carbocycles. The van der Waals surface area contributed by atoms with E-state index in [1.807, 2.05) is 69.2 Å². The first-order valence-electron chi connectivity index (χ1n) is 13.7. The van der Waals surface area contributed by atoms with E-state index in [4.69, 9.17) is 10.5 Å². The van der Waals surface area contributed by atoms with Crippen molar-refractivity contribution in [2.45, 2.75) is 131 Å². The first-order chi connectivity index (χ1) is 17.2. The molecule has 0 spiro atoms. The fourth-order valence-electron chi connectivity index (χ4n) is 3.13. The quantitative estimate of drug-likeness (QED) is 0.192. The number of hydrogen-bond donors (Lipinski definition) is 5. The SMILES string of the molecule is CC.CC.CCNC(CCC(=O)NC(C)(C)CCOC(C)(C)C)C(=O)NC(CCCNC(N)=O)C(C)=O. The molecular weight excluding hydrogens is 474 g/mol. The Balaban J connectivity index is -0.00000274. The van der Waals surface area contributed by atoms with Gasteiger partial charge in [0.25, 0.3) is 0 Å². The van der Waals surface area contributed by atoms with Gasteiger partial charge in [-0.1, -0.05) is 34.6 Å². The Morgan fingerprint density at radius 3 is 1.95 bits per heavy atom. The van der Waals surface area contributed by atoms with Crippen molar-refractivity contribution in [3.8, 4) is 0 Å². The van der Waals surface area contributed by atoms with Crippen LogP contribution in [0.15, 0.2) is 0 Å². The van der Waals surface area contributed by atoms with Crippen molar-refractivity contribution < 1.29 is 23.9 Å². The normalized spacial score (nSPS) is 12.5. The van der Waals surface area contributed by atoms with Crippen LogP contribution in [0.3, 0.4) is 0 Å². The molecule has 10 heteroatoms. The van der Waals surface area contributed by atoms with Gasteiger partial charge in [-0.05, 0) is 73.8 Å². The molecule has 4 amide bonds. The van der Waals surface area contributed by atoms with E-state index in [9.17, 15) is 19.2 Å². The Labute approximate surface area is 226 Å². The molecule has 0 aromatic heterocycles. The van der Waals surface area contributed by atoms with E-state index in [-0.39, 0.29) is 29.6 Å². The maximum Gasteiger partial charge on any atom is 0.312 e. The van der Waals surface area contributed by atoms with Crippen LogP contribution in [0, 0.1) is 0 Å². The summed E-state index contributed by atoms with van der Waals surface area (Å²) < 4.78 is 5.74. The highest BCUT2D eigenvalue weighted by atomic mass is 16.5. The van der Waals surface area contributed by atoms with Gasteiger partial charge in [-0.2, -0.15) is 0 Å². The highest BCUT2D eigenvalue weighted by Crippen LogP contribution is 2.14. The van der Waals surface area contributed by atoms with Crippen LogP contribution in [-0.4, -0.2) is 66.5 Å². The average Bonchev–Trinajstić information content (AvgIpc) is 2.79. The zero-order valence-electron chi connectivity index (χ0n) is 25.4. The van der Waals surface area contributed by atoms with E-state index in [0.29, 0.717) is 45.4 Å². The Morgan fingerprint density at radius 1 is 0.919 bits per heavy atom. The van der Waals surface area contributed by atoms with E-state index in [1.54, 1.807) is 0 Å².